The number of hydrogen-bond donors (Lipinski definition) is 1. The van der Waals surface area contributed by atoms with Gasteiger partial charge in [-0.1, -0.05) is 5.10 Å². The van der Waals surface area contributed by atoms with Crippen molar-refractivity contribution in [2.45, 2.75) is 12.3 Å². The molecule has 0 radical (unpaired) electrons. The number of nitrogens with one attached hydrogen (secondary N) is 1. The summed E-state index contributed by atoms with van der Waals surface area (Å²) in [6.07, 6.45) is 0. The van der Waals surface area contributed by atoms with Crippen molar-refractivity contribution in [1.82, 2.24) is 10.2 Å². The number of hydrogen-bond acceptors (Lipinski definition) is 4. The van der Waals surface area contributed by atoms with Crippen molar-refractivity contribution in [1.29, 1.82) is 0 Å². The molecule has 0 saturated carbocycles. The molecule has 0 amide bonds. The average molecular weight is 278 g/mol. The van der Waals surface area contributed by atoms with E-state index in [1.165, 1.54) is 0 Å². The molecule has 0 fully saturated rings. The van der Waals surface area contributed by atoms with Crippen LogP contribution in [-0.2, 0) is 0 Å². The maximum Gasteiger partial charge on any atom is 0.320 e. The smallest absolute Gasteiger partial charge is 0.320 e. The van der Waals surface area contributed by atoms with E-state index in [-0.39, 0.29) is 11.9 Å². The SMILES string of the molecule is CC(Cl)c1nnc(Nc2cc(F)cc(F)c2F)o1. The number of anilines is 2. The van der Waals surface area contributed by atoms with Crippen molar-refractivity contribution < 1.29 is 17.6 Å². The fourth-order valence-electron chi connectivity index (χ4n) is 1.21. The second-order valence-corrected chi connectivity index (χ2v) is 4.09. The summed E-state index contributed by atoms with van der Waals surface area (Å²) >= 11 is 5.68. The third-order valence-corrected chi connectivity index (χ3v) is 2.20. The highest BCUT2D eigenvalue weighted by Crippen LogP contribution is 2.25. The predicted octanol–water partition coefficient (Wildman–Crippen LogP) is 3.53. The molecule has 0 aliphatic carbocycles. The molecule has 4 nitrogen and oxygen atoms in total. The molecule has 1 heterocycles. The van der Waals surface area contributed by atoms with Crippen LogP contribution in [-0.4, -0.2) is 10.2 Å². The molecule has 96 valence electrons. The van der Waals surface area contributed by atoms with Gasteiger partial charge in [0.05, 0.1) is 5.69 Å². The summed E-state index contributed by atoms with van der Waals surface area (Å²) in [5, 5.41) is 8.82. The number of alkyl halides is 1. The molecule has 1 aromatic carbocycles. The lowest BCUT2D eigenvalue weighted by molar-refractivity contribution is 0.493. The average Bonchev–Trinajstić information content (AvgIpc) is 2.74. The Morgan fingerprint density at radius 3 is 2.61 bits per heavy atom. The van der Waals surface area contributed by atoms with Crippen LogP contribution in [0.1, 0.15) is 18.2 Å². The number of nitrogens with zero attached hydrogens (tertiary/aromatic N) is 2. The van der Waals surface area contributed by atoms with E-state index in [9.17, 15) is 13.2 Å². The largest absolute Gasteiger partial charge is 0.406 e. The standard InChI is InChI=1S/C10H7ClF3N3O/c1-4(11)9-16-17-10(18-9)15-7-3-5(12)2-6(13)8(7)14/h2-4H,1H3,(H,15,17). The lowest BCUT2D eigenvalue weighted by Gasteiger charge is -2.03. The Labute approximate surface area is 105 Å². The van der Waals surface area contributed by atoms with Gasteiger partial charge in [-0.2, -0.15) is 0 Å². The topological polar surface area (TPSA) is 51.0 Å². The van der Waals surface area contributed by atoms with Gasteiger partial charge >= 0.3 is 6.01 Å². The number of halogens is 4. The highest BCUT2D eigenvalue weighted by atomic mass is 35.5. The third kappa shape index (κ3) is 2.56. The predicted molar refractivity (Wildman–Crippen MR) is 58.2 cm³/mol. The van der Waals surface area contributed by atoms with E-state index in [0.717, 1.165) is 6.07 Å². The Bertz CT molecular complexity index is 573. The van der Waals surface area contributed by atoms with Gasteiger partial charge in [0.1, 0.15) is 11.2 Å². The second kappa shape index (κ2) is 4.85. The normalized spacial score (nSPS) is 12.5. The zero-order valence-electron chi connectivity index (χ0n) is 9.05. The molecule has 1 atom stereocenters. The van der Waals surface area contributed by atoms with Crippen LogP contribution in [0, 0.1) is 17.5 Å². The van der Waals surface area contributed by atoms with Gasteiger partial charge in [-0.25, -0.2) is 13.2 Å². The lowest BCUT2D eigenvalue weighted by Crippen LogP contribution is -1.98. The van der Waals surface area contributed by atoms with Gasteiger partial charge in [-0.15, -0.1) is 16.7 Å². The minimum Gasteiger partial charge on any atom is -0.406 e. The molecule has 1 aromatic heterocycles. The van der Waals surface area contributed by atoms with Crippen LogP contribution in [0.2, 0.25) is 0 Å². The highest BCUT2D eigenvalue weighted by Gasteiger charge is 2.15. The Balaban J connectivity index is 2.28. The first-order valence-electron chi connectivity index (χ1n) is 4.86. The van der Waals surface area contributed by atoms with Gasteiger partial charge in [-0.05, 0) is 6.92 Å². The lowest BCUT2D eigenvalue weighted by atomic mass is 10.3. The van der Waals surface area contributed by atoms with Crippen LogP contribution in [0.4, 0.5) is 24.9 Å². The number of aromatic nitrogens is 2. The molecule has 1 unspecified atom stereocenters. The summed E-state index contributed by atoms with van der Waals surface area (Å²) in [5.74, 6) is -3.38. The van der Waals surface area contributed by atoms with Gasteiger partial charge in [0.2, 0.25) is 5.89 Å². The maximum absolute atomic E-state index is 13.3. The summed E-state index contributed by atoms with van der Waals surface area (Å²) in [7, 11) is 0. The first-order chi connectivity index (χ1) is 8.47. The molecule has 1 N–H and O–H groups in total. The molecule has 0 saturated heterocycles. The minimum atomic E-state index is -1.32. The van der Waals surface area contributed by atoms with Gasteiger partial charge in [0, 0.05) is 12.1 Å². The van der Waals surface area contributed by atoms with E-state index in [1.54, 1.807) is 6.92 Å². The molecule has 0 spiro atoms. The van der Waals surface area contributed by atoms with Crippen molar-refractivity contribution >= 4 is 23.3 Å². The summed E-state index contributed by atoms with van der Waals surface area (Å²) in [5.41, 5.74) is -0.440. The molecule has 18 heavy (non-hydrogen) atoms. The summed E-state index contributed by atoms with van der Waals surface area (Å²) in [6.45, 7) is 1.60. The Hall–Kier alpha value is -1.76. The molecular weight excluding hydrogens is 271 g/mol. The van der Waals surface area contributed by atoms with Crippen molar-refractivity contribution in [2.24, 2.45) is 0 Å². The van der Waals surface area contributed by atoms with Gasteiger partial charge in [0.25, 0.3) is 0 Å². The molecule has 2 aromatic rings. The molecule has 0 bridgehead atoms. The van der Waals surface area contributed by atoms with Crippen LogP contribution in [0.15, 0.2) is 16.5 Å². The van der Waals surface area contributed by atoms with Crippen molar-refractivity contribution in [2.75, 3.05) is 5.32 Å². The van der Waals surface area contributed by atoms with Crippen LogP contribution in [0.25, 0.3) is 0 Å². The van der Waals surface area contributed by atoms with Crippen LogP contribution >= 0.6 is 11.6 Å². The quantitative estimate of drug-likeness (QED) is 0.689. The van der Waals surface area contributed by atoms with Crippen LogP contribution in [0.5, 0.6) is 0 Å². The van der Waals surface area contributed by atoms with Crippen molar-refractivity contribution in [3.8, 4) is 0 Å². The third-order valence-electron chi connectivity index (χ3n) is 2.02. The molecular formula is C10H7ClF3N3O. The Kier molecular flexibility index (Phi) is 3.42. The first-order valence-corrected chi connectivity index (χ1v) is 5.30. The summed E-state index contributed by atoms with van der Waals surface area (Å²) < 4.78 is 44.2. The van der Waals surface area contributed by atoms with E-state index < -0.39 is 28.5 Å². The zero-order chi connectivity index (χ0) is 13.3. The maximum atomic E-state index is 13.3. The van der Waals surface area contributed by atoms with E-state index in [2.05, 4.69) is 15.5 Å². The molecule has 0 aliphatic rings. The minimum absolute atomic E-state index is 0.108. The Morgan fingerprint density at radius 1 is 1.28 bits per heavy atom. The molecule has 8 heteroatoms. The number of benzene rings is 1. The van der Waals surface area contributed by atoms with Crippen LogP contribution in [0.3, 0.4) is 0 Å². The van der Waals surface area contributed by atoms with E-state index >= 15 is 0 Å². The van der Waals surface area contributed by atoms with E-state index in [1.807, 2.05) is 0 Å². The first kappa shape index (κ1) is 12.7. The second-order valence-electron chi connectivity index (χ2n) is 3.44. The number of rotatable bonds is 3. The monoisotopic (exact) mass is 277 g/mol. The van der Waals surface area contributed by atoms with Crippen LogP contribution < -0.4 is 5.32 Å². The summed E-state index contributed by atoms with van der Waals surface area (Å²) in [6, 6.07) is 0.994. The molecule has 0 aliphatic heterocycles. The van der Waals surface area contributed by atoms with Crippen molar-refractivity contribution in [3.05, 3.63) is 35.5 Å². The van der Waals surface area contributed by atoms with E-state index in [4.69, 9.17) is 16.0 Å². The van der Waals surface area contributed by atoms with Gasteiger partial charge in [-0.3, -0.25) is 0 Å². The Morgan fingerprint density at radius 2 is 2.00 bits per heavy atom. The van der Waals surface area contributed by atoms with Gasteiger partial charge < -0.3 is 9.73 Å². The van der Waals surface area contributed by atoms with E-state index in [0.29, 0.717) is 6.07 Å². The fourth-order valence-corrected chi connectivity index (χ4v) is 1.30. The van der Waals surface area contributed by atoms with Crippen molar-refractivity contribution in [3.63, 3.8) is 0 Å². The summed E-state index contributed by atoms with van der Waals surface area (Å²) in [4.78, 5) is 0. The fraction of sp³-hybridized carbons (Fsp3) is 0.200. The molecule has 2 rings (SSSR count). The van der Waals surface area contributed by atoms with Gasteiger partial charge in [0.15, 0.2) is 11.6 Å². The zero-order valence-corrected chi connectivity index (χ0v) is 9.80. The highest BCUT2D eigenvalue weighted by molar-refractivity contribution is 6.20.